The first-order valence-electron chi connectivity index (χ1n) is 5.11. The Kier molecular flexibility index (Phi) is 2.07. The number of nitriles is 1. The van der Waals surface area contributed by atoms with E-state index in [0.717, 1.165) is 12.8 Å². The maximum absolute atomic E-state index is 9.08. The van der Waals surface area contributed by atoms with Gasteiger partial charge in [0.2, 0.25) is 0 Å². The molecule has 0 N–H and O–H groups in total. The van der Waals surface area contributed by atoms with Gasteiger partial charge in [0.1, 0.15) is 0 Å². The lowest BCUT2D eigenvalue weighted by molar-refractivity contribution is 0.306. The second kappa shape index (κ2) is 3.13. The van der Waals surface area contributed by atoms with Crippen LogP contribution in [0.1, 0.15) is 25.0 Å². The fraction of sp³-hybridized carbons (Fsp3) is 0.462. The minimum atomic E-state index is -0.195. The molecule has 0 saturated heterocycles. The molecule has 0 heterocycles. The molecule has 0 aromatic heterocycles. The van der Waals surface area contributed by atoms with Gasteiger partial charge < -0.3 is 0 Å². The lowest BCUT2D eigenvalue weighted by Gasteiger charge is -2.23. The van der Waals surface area contributed by atoms with Gasteiger partial charge in [0.15, 0.2) is 0 Å². The fourth-order valence-corrected chi connectivity index (χ4v) is 2.16. The van der Waals surface area contributed by atoms with Crippen LogP contribution in [-0.2, 0) is 12.8 Å². The van der Waals surface area contributed by atoms with Crippen molar-refractivity contribution in [1.82, 2.24) is 0 Å². The van der Waals surface area contributed by atoms with Crippen LogP contribution >= 0.6 is 0 Å². The Hall–Kier alpha value is -1.29. The third-order valence-electron chi connectivity index (χ3n) is 3.36. The minimum absolute atomic E-state index is 0.195. The molecule has 1 aliphatic carbocycles. The Balaban J connectivity index is 2.25. The molecule has 0 amide bonds. The molecule has 0 saturated carbocycles. The Morgan fingerprint density at radius 1 is 1.21 bits per heavy atom. The van der Waals surface area contributed by atoms with E-state index in [2.05, 4.69) is 30.3 Å². The Morgan fingerprint density at radius 2 is 1.71 bits per heavy atom. The second-order valence-electron chi connectivity index (χ2n) is 4.71. The summed E-state index contributed by atoms with van der Waals surface area (Å²) >= 11 is 0. The van der Waals surface area contributed by atoms with Gasteiger partial charge in [-0.25, -0.2) is 0 Å². The zero-order valence-corrected chi connectivity index (χ0v) is 8.75. The molecule has 0 aliphatic heterocycles. The number of rotatable bonds is 1. The largest absolute Gasteiger partial charge is 0.198 e. The van der Waals surface area contributed by atoms with Crippen molar-refractivity contribution in [3.8, 4) is 6.07 Å². The predicted octanol–water partition coefficient (Wildman–Crippen LogP) is 2.95. The molecule has 0 atom stereocenters. The molecular formula is C13H15N. The van der Waals surface area contributed by atoms with Crippen molar-refractivity contribution in [3.05, 3.63) is 35.4 Å². The van der Waals surface area contributed by atoms with Crippen LogP contribution in [0.15, 0.2) is 24.3 Å². The smallest absolute Gasteiger partial charge is 0.0687 e. The van der Waals surface area contributed by atoms with Crippen molar-refractivity contribution in [2.75, 3.05) is 0 Å². The van der Waals surface area contributed by atoms with Gasteiger partial charge in [0.25, 0.3) is 0 Å². The van der Waals surface area contributed by atoms with E-state index in [9.17, 15) is 0 Å². The summed E-state index contributed by atoms with van der Waals surface area (Å²) in [6, 6.07) is 11.0. The summed E-state index contributed by atoms with van der Waals surface area (Å²) in [6.45, 7) is 4.09. The molecule has 0 unspecified atom stereocenters. The van der Waals surface area contributed by atoms with Gasteiger partial charge in [0.05, 0.1) is 11.5 Å². The average Bonchev–Trinajstić information content (AvgIpc) is 2.61. The topological polar surface area (TPSA) is 23.8 Å². The molecule has 0 fully saturated rings. The molecule has 1 aromatic rings. The first-order chi connectivity index (χ1) is 6.63. The highest BCUT2D eigenvalue weighted by Crippen LogP contribution is 2.37. The normalized spacial score (nSPS) is 16.4. The zero-order chi connectivity index (χ0) is 10.2. The van der Waals surface area contributed by atoms with E-state index < -0.39 is 0 Å². The van der Waals surface area contributed by atoms with Crippen LogP contribution < -0.4 is 0 Å². The molecule has 1 nitrogen and oxygen atoms in total. The van der Waals surface area contributed by atoms with Crippen LogP contribution in [-0.4, -0.2) is 0 Å². The number of hydrogen-bond donors (Lipinski definition) is 0. The molecule has 1 aliphatic rings. The highest BCUT2D eigenvalue weighted by atomic mass is 14.4. The quantitative estimate of drug-likeness (QED) is 0.660. The van der Waals surface area contributed by atoms with E-state index >= 15 is 0 Å². The van der Waals surface area contributed by atoms with Gasteiger partial charge in [-0.3, -0.25) is 0 Å². The lowest BCUT2D eigenvalue weighted by Crippen LogP contribution is -2.22. The monoisotopic (exact) mass is 185 g/mol. The minimum Gasteiger partial charge on any atom is -0.198 e. The highest BCUT2D eigenvalue weighted by Gasteiger charge is 2.34. The molecule has 0 spiro atoms. The molecule has 1 heteroatoms. The standard InChI is InChI=1S/C13H15N/c1-13(2,9-14)12-7-10-5-3-4-6-11(10)8-12/h3-6,12H,7-8H2,1-2H3. The van der Waals surface area contributed by atoms with Crippen molar-refractivity contribution < 1.29 is 0 Å². The van der Waals surface area contributed by atoms with E-state index in [1.165, 1.54) is 11.1 Å². The zero-order valence-electron chi connectivity index (χ0n) is 8.75. The van der Waals surface area contributed by atoms with Gasteiger partial charge in [-0.1, -0.05) is 24.3 Å². The summed E-state index contributed by atoms with van der Waals surface area (Å²) in [5.41, 5.74) is 2.67. The van der Waals surface area contributed by atoms with Gasteiger partial charge in [-0.2, -0.15) is 5.26 Å². The third kappa shape index (κ3) is 1.42. The molecular weight excluding hydrogens is 170 g/mol. The maximum atomic E-state index is 9.08. The molecule has 2 rings (SSSR count). The van der Waals surface area contributed by atoms with Crippen molar-refractivity contribution in [2.45, 2.75) is 26.7 Å². The lowest BCUT2D eigenvalue weighted by atomic mass is 9.78. The molecule has 1 aromatic carbocycles. The first kappa shape index (κ1) is 9.27. The Labute approximate surface area is 85.4 Å². The van der Waals surface area contributed by atoms with Crippen LogP contribution in [0.4, 0.5) is 0 Å². The molecule has 72 valence electrons. The fourth-order valence-electron chi connectivity index (χ4n) is 2.16. The van der Waals surface area contributed by atoms with Crippen LogP contribution in [0.2, 0.25) is 0 Å². The Morgan fingerprint density at radius 3 is 2.14 bits per heavy atom. The first-order valence-corrected chi connectivity index (χ1v) is 5.11. The summed E-state index contributed by atoms with van der Waals surface area (Å²) in [5, 5.41) is 9.08. The summed E-state index contributed by atoms with van der Waals surface area (Å²) in [5.74, 6) is 0.491. The van der Waals surface area contributed by atoms with Crippen molar-refractivity contribution in [2.24, 2.45) is 11.3 Å². The van der Waals surface area contributed by atoms with Gasteiger partial charge >= 0.3 is 0 Å². The van der Waals surface area contributed by atoms with Gasteiger partial charge in [-0.05, 0) is 43.7 Å². The number of hydrogen-bond acceptors (Lipinski definition) is 1. The molecule has 0 radical (unpaired) electrons. The number of benzene rings is 1. The summed E-state index contributed by atoms with van der Waals surface area (Å²) in [4.78, 5) is 0. The maximum Gasteiger partial charge on any atom is 0.0687 e. The Bertz CT molecular complexity index is 359. The van der Waals surface area contributed by atoms with Crippen molar-refractivity contribution in [3.63, 3.8) is 0 Å². The third-order valence-corrected chi connectivity index (χ3v) is 3.36. The van der Waals surface area contributed by atoms with Crippen molar-refractivity contribution >= 4 is 0 Å². The molecule has 14 heavy (non-hydrogen) atoms. The van der Waals surface area contributed by atoms with E-state index in [-0.39, 0.29) is 5.41 Å². The van der Waals surface area contributed by atoms with Crippen molar-refractivity contribution in [1.29, 1.82) is 5.26 Å². The highest BCUT2D eigenvalue weighted by molar-refractivity contribution is 5.33. The van der Waals surface area contributed by atoms with Gasteiger partial charge in [0, 0.05) is 0 Å². The van der Waals surface area contributed by atoms with Crippen LogP contribution in [0.25, 0.3) is 0 Å². The van der Waals surface area contributed by atoms with E-state index in [4.69, 9.17) is 5.26 Å². The summed E-state index contributed by atoms with van der Waals surface area (Å²) in [6.07, 6.45) is 2.13. The van der Waals surface area contributed by atoms with E-state index in [1.54, 1.807) is 0 Å². The average molecular weight is 185 g/mol. The van der Waals surface area contributed by atoms with Crippen LogP contribution in [0, 0.1) is 22.7 Å². The summed E-state index contributed by atoms with van der Waals surface area (Å²) in [7, 11) is 0. The van der Waals surface area contributed by atoms with Gasteiger partial charge in [-0.15, -0.1) is 0 Å². The van der Waals surface area contributed by atoms with Crippen LogP contribution in [0.3, 0.4) is 0 Å². The number of nitrogens with zero attached hydrogens (tertiary/aromatic N) is 1. The molecule has 0 bridgehead atoms. The summed E-state index contributed by atoms with van der Waals surface area (Å²) < 4.78 is 0. The SMILES string of the molecule is CC(C)(C#N)C1Cc2ccccc2C1. The van der Waals surface area contributed by atoms with Crippen LogP contribution in [0.5, 0.6) is 0 Å². The van der Waals surface area contributed by atoms with E-state index in [1.807, 2.05) is 13.8 Å². The second-order valence-corrected chi connectivity index (χ2v) is 4.71. The number of fused-ring (bicyclic) bond motifs is 1. The predicted molar refractivity (Wildman–Crippen MR) is 56.7 cm³/mol. The van der Waals surface area contributed by atoms with E-state index in [0.29, 0.717) is 5.92 Å².